The van der Waals surface area contributed by atoms with Gasteiger partial charge in [-0.2, -0.15) is 0 Å². The third-order valence-electron chi connectivity index (χ3n) is 4.87. The molecule has 3 aromatic rings. The quantitative estimate of drug-likeness (QED) is 0.785. The summed E-state index contributed by atoms with van der Waals surface area (Å²) in [7, 11) is 0. The number of nitrogens with zero attached hydrogens (tertiary/aromatic N) is 3. The second-order valence-corrected chi connectivity index (χ2v) is 6.76. The molecule has 26 heavy (non-hydrogen) atoms. The monoisotopic (exact) mass is 354 g/mol. The molecule has 7 heteroatoms. The van der Waals surface area contributed by atoms with Crippen molar-refractivity contribution in [2.75, 3.05) is 13.1 Å². The molecule has 1 aromatic carbocycles. The van der Waals surface area contributed by atoms with Crippen LogP contribution in [0.2, 0.25) is 0 Å². The fraction of sp³-hybridized carbons (Fsp3) is 0.316. The maximum Gasteiger partial charge on any atom is 0.254 e. The number of nitrogens with one attached hydrogen (secondary N) is 1. The molecule has 0 radical (unpaired) electrons. The lowest BCUT2D eigenvalue weighted by Gasteiger charge is -2.33. The highest BCUT2D eigenvalue weighted by Crippen LogP contribution is 2.23. The zero-order valence-electron chi connectivity index (χ0n) is 14.2. The molecule has 134 valence electrons. The van der Waals surface area contributed by atoms with Crippen LogP contribution in [0.15, 0.2) is 47.8 Å². The molecule has 6 nitrogen and oxygen atoms in total. The van der Waals surface area contributed by atoms with E-state index in [1.807, 2.05) is 10.8 Å². The summed E-state index contributed by atoms with van der Waals surface area (Å²) in [5.41, 5.74) is 0.262. The molecule has 1 fully saturated rings. The lowest BCUT2D eigenvalue weighted by atomic mass is 9.96. The van der Waals surface area contributed by atoms with Crippen molar-refractivity contribution in [2.45, 2.75) is 19.4 Å². The molecule has 1 N–H and O–H groups in total. The lowest BCUT2D eigenvalue weighted by Crippen LogP contribution is -2.41. The van der Waals surface area contributed by atoms with E-state index in [0.717, 1.165) is 19.4 Å². The number of aromatic nitrogens is 3. The fourth-order valence-corrected chi connectivity index (χ4v) is 3.67. The van der Waals surface area contributed by atoms with Crippen molar-refractivity contribution in [2.24, 2.45) is 5.92 Å². The van der Waals surface area contributed by atoms with Gasteiger partial charge in [-0.15, -0.1) is 0 Å². The van der Waals surface area contributed by atoms with E-state index in [-0.39, 0.29) is 5.91 Å². The van der Waals surface area contributed by atoms with Crippen molar-refractivity contribution >= 4 is 16.8 Å². The van der Waals surface area contributed by atoms with Gasteiger partial charge >= 0.3 is 0 Å². The number of carbonyl (C=O) groups excluding carboxylic acids is 1. The van der Waals surface area contributed by atoms with Gasteiger partial charge in [-0.3, -0.25) is 9.59 Å². The fourth-order valence-electron chi connectivity index (χ4n) is 3.67. The standard InChI is InChI=1S/C19H19FN4O2/c20-14-3-4-15-16(9-18(25)22-17(15)8-14)19(26)24-6-1-2-13(11-24)10-23-7-5-21-12-23/h3-5,7-9,12-13H,1-2,6,10-11H2,(H,22,25)/t13-/m1/s1. The van der Waals surface area contributed by atoms with Crippen LogP contribution in [0.5, 0.6) is 0 Å². The van der Waals surface area contributed by atoms with Crippen molar-refractivity contribution in [1.29, 1.82) is 0 Å². The maximum atomic E-state index is 13.5. The molecular formula is C19H19FN4O2. The molecule has 2 aromatic heterocycles. The highest BCUT2D eigenvalue weighted by atomic mass is 19.1. The maximum absolute atomic E-state index is 13.5. The Labute approximate surface area is 149 Å². The molecule has 0 bridgehead atoms. The van der Waals surface area contributed by atoms with Gasteiger partial charge in [0.05, 0.1) is 17.4 Å². The highest BCUT2D eigenvalue weighted by molar-refractivity contribution is 6.06. The lowest BCUT2D eigenvalue weighted by molar-refractivity contribution is 0.0664. The molecular weight excluding hydrogens is 335 g/mol. The number of aromatic amines is 1. The van der Waals surface area contributed by atoms with E-state index in [0.29, 0.717) is 35.5 Å². The Balaban J connectivity index is 1.61. The number of hydrogen-bond donors (Lipinski definition) is 1. The van der Waals surface area contributed by atoms with Crippen LogP contribution in [0.25, 0.3) is 10.9 Å². The minimum atomic E-state index is -0.448. The zero-order chi connectivity index (χ0) is 18.1. The minimum absolute atomic E-state index is 0.178. The summed E-state index contributed by atoms with van der Waals surface area (Å²) in [6.45, 7) is 2.10. The van der Waals surface area contributed by atoms with Crippen LogP contribution >= 0.6 is 0 Å². The average Bonchev–Trinajstić information content (AvgIpc) is 3.13. The van der Waals surface area contributed by atoms with E-state index in [4.69, 9.17) is 0 Å². The SMILES string of the molecule is O=C(c1cc(=O)[nH]c2cc(F)ccc12)N1CCC[C@H](Cn2ccnc2)C1. The number of halogens is 1. The van der Waals surface area contributed by atoms with Crippen molar-refractivity contribution in [3.8, 4) is 0 Å². The minimum Gasteiger partial charge on any atom is -0.338 e. The van der Waals surface area contributed by atoms with Crippen molar-refractivity contribution in [3.63, 3.8) is 0 Å². The Kier molecular flexibility index (Phi) is 4.28. The third kappa shape index (κ3) is 3.24. The Morgan fingerprint density at radius 1 is 1.35 bits per heavy atom. The highest BCUT2D eigenvalue weighted by Gasteiger charge is 2.26. The van der Waals surface area contributed by atoms with E-state index in [1.54, 1.807) is 23.5 Å². The van der Waals surface area contributed by atoms with Gasteiger partial charge in [0.25, 0.3) is 5.91 Å². The van der Waals surface area contributed by atoms with Crippen molar-refractivity contribution < 1.29 is 9.18 Å². The van der Waals surface area contributed by atoms with E-state index in [9.17, 15) is 14.0 Å². The first-order valence-corrected chi connectivity index (χ1v) is 8.68. The summed E-state index contributed by atoms with van der Waals surface area (Å²) < 4.78 is 15.5. The van der Waals surface area contributed by atoms with Crippen LogP contribution in [0.1, 0.15) is 23.2 Å². The second-order valence-electron chi connectivity index (χ2n) is 6.76. The van der Waals surface area contributed by atoms with Gasteiger partial charge in [0.1, 0.15) is 5.82 Å². The van der Waals surface area contributed by atoms with E-state index in [2.05, 4.69) is 9.97 Å². The number of pyridine rings is 1. The van der Waals surface area contributed by atoms with Crippen LogP contribution in [0.3, 0.4) is 0 Å². The molecule has 0 aliphatic carbocycles. The molecule has 1 aliphatic heterocycles. The first-order chi connectivity index (χ1) is 12.6. The number of imidazole rings is 1. The molecule has 0 spiro atoms. The largest absolute Gasteiger partial charge is 0.338 e. The number of hydrogen-bond acceptors (Lipinski definition) is 3. The summed E-state index contributed by atoms with van der Waals surface area (Å²) in [4.78, 5) is 33.4. The average molecular weight is 354 g/mol. The Bertz CT molecular complexity index is 996. The van der Waals surface area contributed by atoms with Crippen LogP contribution in [-0.2, 0) is 6.54 Å². The number of benzene rings is 1. The summed E-state index contributed by atoms with van der Waals surface area (Å²) >= 11 is 0. The van der Waals surface area contributed by atoms with Gasteiger partial charge in [-0.1, -0.05) is 0 Å². The number of H-pyrrole nitrogens is 1. The summed E-state index contributed by atoms with van der Waals surface area (Å²) in [5, 5.41) is 0.563. The number of likely N-dealkylation sites (tertiary alicyclic amines) is 1. The molecule has 0 saturated carbocycles. The molecule has 0 unspecified atom stereocenters. The number of rotatable bonds is 3. The van der Waals surface area contributed by atoms with Crippen LogP contribution < -0.4 is 5.56 Å². The Hall–Kier alpha value is -2.96. The van der Waals surface area contributed by atoms with E-state index >= 15 is 0 Å². The van der Waals surface area contributed by atoms with Gasteiger partial charge in [-0.25, -0.2) is 9.37 Å². The van der Waals surface area contributed by atoms with Gasteiger partial charge in [0.15, 0.2) is 0 Å². The number of fused-ring (bicyclic) bond motifs is 1. The molecule has 1 aliphatic rings. The Morgan fingerprint density at radius 2 is 2.23 bits per heavy atom. The number of carbonyl (C=O) groups is 1. The predicted molar refractivity (Wildman–Crippen MR) is 95.4 cm³/mol. The topological polar surface area (TPSA) is 71.0 Å². The van der Waals surface area contributed by atoms with E-state index < -0.39 is 11.4 Å². The van der Waals surface area contributed by atoms with Crippen LogP contribution in [-0.4, -0.2) is 38.4 Å². The molecule has 3 heterocycles. The van der Waals surface area contributed by atoms with Crippen molar-refractivity contribution in [1.82, 2.24) is 19.4 Å². The number of amides is 1. The zero-order valence-corrected chi connectivity index (χ0v) is 14.2. The normalized spacial score (nSPS) is 17.6. The first-order valence-electron chi connectivity index (χ1n) is 8.68. The van der Waals surface area contributed by atoms with E-state index in [1.165, 1.54) is 18.2 Å². The van der Waals surface area contributed by atoms with Crippen molar-refractivity contribution in [3.05, 3.63) is 64.7 Å². The molecule has 1 atom stereocenters. The van der Waals surface area contributed by atoms with Gasteiger partial charge in [0, 0.05) is 43.5 Å². The molecule has 1 saturated heterocycles. The second kappa shape index (κ2) is 6.74. The number of piperidine rings is 1. The van der Waals surface area contributed by atoms with Gasteiger partial charge in [-0.05, 0) is 37.0 Å². The summed E-state index contributed by atoms with van der Waals surface area (Å²) in [6.07, 6.45) is 7.40. The van der Waals surface area contributed by atoms with Gasteiger partial charge in [0.2, 0.25) is 5.56 Å². The predicted octanol–water partition coefficient (Wildman–Crippen LogP) is 2.42. The van der Waals surface area contributed by atoms with Gasteiger partial charge < -0.3 is 14.5 Å². The summed E-state index contributed by atoms with van der Waals surface area (Å²) in [5.74, 6) is -0.285. The summed E-state index contributed by atoms with van der Waals surface area (Å²) in [6, 6.07) is 5.39. The molecule has 1 amide bonds. The Morgan fingerprint density at radius 3 is 3.04 bits per heavy atom. The van der Waals surface area contributed by atoms with Crippen LogP contribution in [0.4, 0.5) is 4.39 Å². The molecule has 4 rings (SSSR count). The third-order valence-corrected chi connectivity index (χ3v) is 4.87. The first kappa shape index (κ1) is 16.5. The smallest absolute Gasteiger partial charge is 0.254 e. The van der Waals surface area contributed by atoms with Crippen LogP contribution in [0, 0.1) is 11.7 Å².